The first kappa shape index (κ1) is 21.6. The van der Waals surface area contributed by atoms with Crippen LogP contribution < -0.4 is 5.32 Å². The Labute approximate surface area is 179 Å². The number of alkyl halides is 3. The third-order valence-electron chi connectivity index (χ3n) is 6.31. The zero-order chi connectivity index (χ0) is 22.2. The number of rotatable bonds is 5. The predicted octanol–water partition coefficient (Wildman–Crippen LogP) is 4.52. The Morgan fingerprint density at radius 3 is 2.84 bits per heavy atom. The van der Waals surface area contributed by atoms with Crippen molar-refractivity contribution in [3.05, 3.63) is 41.9 Å². The standard InChI is InChI=1S/C22H28F3N5O/c1-14(2)16-11-19(22(23,24)25)30-20(27-16)12-17(28-30)18-6-4-10-29(18)21(31)8-7-15-5-3-9-26-13-15/h3,5,9,12-14,16,18-19,27H,4,6-8,10-11H2,1-2H3/t16-,18?,19+/m0/s1. The molecule has 6 nitrogen and oxygen atoms in total. The van der Waals surface area contributed by atoms with Crippen LogP contribution in [0.1, 0.15) is 62.9 Å². The quantitative estimate of drug-likeness (QED) is 0.750. The highest BCUT2D eigenvalue weighted by atomic mass is 19.4. The lowest BCUT2D eigenvalue weighted by Gasteiger charge is -2.35. The average Bonchev–Trinajstić information content (AvgIpc) is 3.37. The summed E-state index contributed by atoms with van der Waals surface area (Å²) in [5.74, 6) is 0.448. The average molecular weight is 435 g/mol. The van der Waals surface area contributed by atoms with Crippen LogP contribution in [0.4, 0.5) is 19.0 Å². The van der Waals surface area contributed by atoms with Gasteiger partial charge in [-0.25, -0.2) is 4.68 Å². The number of aromatic nitrogens is 3. The third kappa shape index (κ3) is 4.55. The van der Waals surface area contributed by atoms with Crippen LogP contribution in [0.25, 0.3) is 0 Å². The first-order valence-corrected chi connectivity index (χ1v) is 10.8. The summed E-state index contributed by atoms with van der Waals surface area (Å²) in [6.07, 6.45) is 1.46. The van der Waals surface area contributed by atoms with E-state index in [1.807, 2.05) is 26.0 Å². The van der Waals surface area contributed by atoms with Gasteiger partial charge in [0.2, 0.25) is 5.91 Å². The number of nitrogens with zero attached hydrogens (tertiary/aromatic N) is 4. The van der Waals surface area contributed by atoms with Gasteiger partial charge in [-0.1, -0.05) is 19.9 Å². The molecule has 1 amide bonds. The maximum atomic E-state index is 13.8. The largest absolute Gasteiger partial charge is 0.410 e. The van der Waals surface area contributed by atoms with Crippen molar-refractivity contribution in [2.45, 2.75) is 70.3 Å². The number of fused-ring (bicyclic) bond motifs is 1. The van der Waals surface area contributed by atoms with Crippen molar-refractivity contribution in [2.24, 2.45) is 5.92 Å². The van der Waals surface area contributed by atoms with E-state index in [0.717, 1.165) is 16.7 Å². The number of hydrogen-bond donors (Lipinski definition) is 1. The molecule has 2 aliphatic heterocycles. The first-order chi connectivity index (χ1) is 14.7. The Hall–Kier alpha value is -2.58. The minimum absolute atomic E-state index is 0.00212. The lowest BCUT2D eigenvalue weighted by Crippen LogP contribution is -2.41. The number of likely N-dealkylation sites (tertiary alicyclic amines) is 1. The summed E-state index contributed by atoms with van der Waals surface area (Å²) in [5.41, 5.74) is 1.52. The monoisotopic (exact) mass is 435 g/mol. The molecule has 4 heterocycles. The van der Waals surface area contributed by atoms with E-state index in [1.165, 1.54) is 0 Å². The van der Waals surface area contributed by atoms with Crippen LogP contribution in [0.2, 0.25) is 0 Å². The zero-order valence-electron chi connectivity index (χ0n) is 17.8. The molecule has 0 aliphatic carbocycles. The van der Waals surface area contributed by atoms with Crippen molar-refractivity contribution in [3.63, 3.8) is 0 Å². The topological polar surface area (TPSA) is 63.1 Å². The van der Waals surface area contributed by atoms with E-state index >= 15 is 0 Å². The molecule has 0 spiro atoms. The number of amides is 1. The van der Waals surface area contributed by atoms with Gasteiger partial charge in [0.15, 0.2) is 6.04 Å². The van der Waals surface area contributed by atoms with Gasteiger partial charge in [-0.05, 0) is 43.2 Å². The summed E-state index contributed by atoms with van der Waals surface area (Å²) < 4.78 is 42.3. The van der Waals surface area contributed by atoms with Gasteiger partial charge in [-0.2, -0.15) is 18.3 Å². The van der Waals surface area contributed by atoms with Gasteiger partial charge in [-0.15, -0.1) is 0 Å². The molecule has 1 N–H and O–H groups in total. The molecular weight excluding hydrogens is 407 g/mol. The second kappa shape index (κ2) is 8.51. The van der Waals surface area contributed by atoms with Gasteiger partial charge in [0.25, 0.3) is 0 Å². The lowest BCUT2D eigenvalue weighted by atomic mass is 9.94. The highest BCUT2D eigenvalue weighted by molar-refractivity contribution is 5.77. The van der Waals surface area contributed by atoms with Crippen LogP contribution >= 0.6 is 0 Å². The molecule has 1 saturated heterocycles. The Morgan fingerprint density at radius 1 is 1.35 bits per heavy atom. The number of halogens is 3. The van der Waals surface area contributed by atoms with E-state index in [1.54, 1.807) is 23.4 Å². The molecule has 1 unspecified atom stereocenters. The van der Waals surface area contributed by atoms with Crippen LogP contribution in [0, 0.1) is 5.92 Å². The number of anilines is 1. The molecule has 0 bridgehead atoms. The van der Waals surface area contributed by atoms with Crippen LogP contribution in [-0.2, 0) is 11.2 Å². The van der Waals surface area contributed by atoms with Gasteiger partial charge in [0, 0.05) is 37.5 Å². The number of carbonyl (C=O) groups is 1. The van der Waals surface area contributed by atoms with Crippen LogP contribution in [-0.4, -0.2) is 44.3 Å². The van der Waals surface area contributed by atoms with Crippen molar-refractivity contribution >= 4 is 11.7 Å². The normalized spacial score (nSPS) is 23.7. The van der Waals surface area contributed by atoms with Crippen LogP contribution in [0.15, 0.2) is 30.6 Å². The highest BCUT2D eigenvalue weighted by Crippen LogP contribution is 2.42. The molecule has 1 fully saturated rings. The smallest absolute Gasteiger partial charge is 0.367 e. The molecule has 31 heavy (non-hydrogen) atoms. The lowest BCUT2D eigenvalue weighted by molar-refractivity contribution is -0.174. The van der Waals surface area contributed by atoms with Crippen molar-refractivity contribution in [3.8, 4) is 0 Å². The second-order valence-corrected chi connectivity index (χ2v) is 8.79. The van der Waals surface area contributed by atoms with Gasteiger partial charge >= 0.3 is 6.18 Å². The number of aryl methyl sites for hydroxylation is 1. The van der Waals surface area contributed by atoms with Crippen LogP contribution in [0.5, 0.6) is 0 Å². The van der Waals surface area contributed by atoms with Crippen molar-refractivity contribution < 1.29 is 18.0 Å². The number of hydrogen-bond acceptors (Lipinski definition) is 4. The molecular formula is C22H28F3N5O. The van der Waals surface area contributed by atoms with E-state index in [0.29, 0.717) is 37.3 Å². The van der Waals surface area contributed by atoms with Crippen molar-refractivity contribution in [2.75, 3.05) is 11.9 Å². The number of carbonyl (C=O) groups excluding carboxylic acids is 1. The predicted molar refractivity (Wildman–Crippen MR) is 110 cm³/mol. The SMILES string of the molecule is CC(C)[C@@H]1C[C@H](C(F)(F)F)n2nc(C3CCCN3C(=O)CCc3cccnc3)cc2N1. The van der Waals surface area contributed by atoms with Gasteiger partial charge < -0.3 is 10.2 Å². The molecule has 168 valence electrons. The maximum absolute atomic E-state index is 13.8. The summed E-state index contributed by atoms with van der Waals surface area (Å²) >= 11 is 0. The van der Waals surface area contributed by atoms with Gasteiger partial charge in [0.05, 0.1) is 11.7 Å². The minimum Gasteiger partial charge on any atom is -0.367 e. The molecule has 2 aliphatic rings. The van der Waals surface area contributed by atoms with Gasteiger partial charge in [0.1, 0.15) is 5.82 Å². The molecule has 9 heteroatoms. The number of pyridine rings is 1. The molecule has 0 aromatic carbocycles. The van der Waals surface area contributed by atoms with Crippen molar-refractivity contribution in [1.82, 2.24) is 19.7 Å². The highest BCUT2D eigenvalue weighted by Gasteiger charge is 2.47. The molecule has 0 radical (unpaired) electrons. The van der Waals surface area contributed by atoms with E-state index in [4.69, 9.17) is 0 Å². The molecule has 2 aromatic heterocycles. The summed E-state index contributed by atoms with van der Waals surface area (Å²) in [6, 6.07) is 3.25. The van der Waals surface area contributed by atoms with E-state index in [-0.39, 0.29) is 30.3 Å². The fraction of sp³-hybridized carbons (Fsp3) is 0.591. The second-order valence-electron chi connectivity index (χ2n) is 8.79. The Kier molecular flexibility index (Phi) is 5.94. The summed E-state index contributed by atoms with van der Waals surface area (Å²) in [4.78, 5) is 18.7. The number of nitrogens with one attached hydrogen (secondary N) is 1. The van der Waals surface area contributed by atoms with E-state index in [2.05, 4.69) is 15.4 Å². The van der Waals surface area contributed by atoms with Crippen LogP contribution in [0.3, 0.4) is 0 Å². The molecule has 0 saturated carbocycles. The fourth-order valence-corrected chi connectivity index (χ4v) is 4.54. The van der Waals surface area contributed by atoms with E-state index < -0.39 is 12.2 Å². The Morgan fingerprint density at radius 2 is 2.16 bits per heavy atom. The zero-order valence-corrected chi connectivity index (χ0v) is 17.8. The fourth-order valence-electron chi connectivity index (χ4n) is 4.54. The molecule has 2 aromatic rings. The summed E-state index contributed by atoms with van der Waals surface area (Å²) in [6.45, 7) is 4.43. The maximum Gasteiger partial charge on any atom is 0.410 e. The first-order valence-electron chi connectivity index (χ1n) is 10.8. The Balaban J connectivity index is 1.53. The van der Waals surface area contributed by atoms with E-state index in [9.17, 15) is 18.0 Å². The van der Waals surface area contributed by atoms with Gasteiger partial charge in [-0.3, -0.25) is 9.78 Å². The van der Waals surface area contributed by atoms with Crippen molar-refractivity contribution in [1.29, 1.82) is 0 Å². The molecule has 4 rings (SSSR count). The molecule has 3 atom stereocenters. The minimum atomic E-state index is -4.37. The third-order valence-corrected chi connectivity index (χ3v) is 6.31. The summed E-state index contributed by atoms with van der Waals surface area (Å²) in [7, 11) is 0. The Bertz CT molecular complexity index is 912. The summed E-state index contributed by atoms with van der Waals surface area (Å²) in [5, 5.41) is 7.58.